The number of amides is 1. The lowest BCUT2D eigenvalue weighted by atomic mass is 9.97. The number of methoxy groups -OCH3 is 2. The average Bonchev–Trinajstić information content (AvgIpc) is 2.71. The molecule has 1 aromatic carbocycles. The van der Waals surface area contributed by atoms with Gasteiger partial charge in [0.05, 0.1) is 20.8 Å². The minimum absolute atomic E-state index is 0.225. The molecule has 0 unspecified atom stereocenters. The minimum atomic E-state index is -1.43. The summed E-state index contributed by atoms with van der Waals surface area (Å²) >= 11 is 0. The highest BCUT2D eigenvalue weighted by Gasteiger charge is 2.46. The molecule has 1 fully saturated rings. The Labute approximate surface area is 167 Å². The summed E-state index contributed by atoms with van der Waals surface area (Å²) in [5, 5.41) is 32.3. The molecule has 29 heavy (non-hydrogen) atoms. The molecule has 1 aliphatic heterocycles. The smallest absolute Gasteiger partial charge is 0.330 e. The minimum Gasteiger partial charge on any atom is -0.493 e. The van der Waals surface area contributed by atoms with E-state index in [0.29, 0.717) is 11.3 Å². The third-order valence-corrected chi connectivity index (χ3v) is 4.29. The number of carbonyl (C=O) groups excluding carboxylic acids is 2. The Hall–Kier alpha value is -2.66. The Morgan fingerprint density at radius 1 is 1.21 bits per heavy atom. The Kier molecular flexibility index (Phi) is 7.97. The number of carbonyl (C=O) groups is 2. The van der Waals surface area contributed by atoms with Crippen LogP contribution in [0.25, 0.3) is 6.08 Å². The number of ether oxygens (including phenoxy) is 4. The molecule has 4 N–H and O–H groups in total. The SMILES string of the molecule is COC(=O)C=Cc1ccc(O[C@@H]2O[C@H](CO)[C@@H](O)[C@H](O)[C@@H]2NC(C)=O)c(OC)c1. The van der Waals surface area contributed by atoms with E-state index in [0.717, 1.165) is 0 Å². The van der Waals surface area contributed by atoms with Gasteiger partial charge >= 0.3 is 5.97 Å². The number of esters is 1. The number of aliphatic hydroxyl groups excluding tert-OH is 3. The van der Waals surface area contributed by atoms with Crippen LogP contribution in [0, 0.1) is 0 Å². The Bertz CT molecular complexity index is 751. The fraction of sp³-hybridized carbons (Fsp3) is 0.474. The summed E-state index contributed by atoms with van der Waals surface area (Å²) in [6.07, 6.45) is -2.38. The quantitative estimate of drug-likeness (QED) is 0.335. The maximum atomic E-state index is 11.5. The summed E-state index contributed by atoms with van der Waals surface area (Å²) in [6, 6.07) is 3.70. The standard InChI is InChI=1S/C19H25NO9/c1-10(22)20-16-18(25)17(24)14(9-21)29-19(16)28-12-6-4-11(8-13(12)26-2)5-7-15(23)27-3/h4-8,14,16-19,21,24-25H,9H2,1-3H3,(H,20,22)/t14-,16+,17-,18-,19-/m1/s1. The van der Waals surface area contributed by atoms with E-state index in [1.807, 2.05) is 0 Å². The van der Waals surface area contributed by atoms with E-state index in [2.05, 4.69) is 10.1 Å². The van der Waals surface area contributed by atoms with Crippen molar-refractivity contribution in [3.05, 3.63) is 29.8 Å². The van der Waals surface area contributed by atoms with E-state index in [-0.39, 0.29) is 5.75 Å². The van der Waals surface area contributed by atoms with Gasteiger partial charge in [-0.2, -0.15) is 0 Å². The number of aliphatic hydroxyl groups is 3. The summed E-state index contributed by atoms with van der Waals surface area (Å²) < 4.78 is 21.2. The largest absolute Gasteiger partial charge is 0.493 e. The molecule has 0 radical (unpaired) electrons. The van der Waals surface area contributed by atoms with Gasteiger partial charge in [0.2, 0.25) is 12.2 Å². The van der Waals surface area contributed by atoms with Crippen LogP contribution in [0.15, 0.2) is 24.3 Å². The van der Waals surface area contributed by atoms with Crippen molar-refractivity contribution in [2.24, 2.45) is 0 Å². The highest BCUT2D eigenvalue weighted by Crippen LogP contribution is 2.32. The summed E-state index contributed by atoms with van der Waals surface area (Å²) in [5.41, 5.74) is 0.631. The van der Waals surface area contributed by atoms with E-state index < -0.39 is 49.1 Å². The predicted octanol–water partition coefficient (Wildman–Crippen LogP) is -0.796. The number of hydrogen-bond acceptors (Lipinski definition) is 9. The van der Waals surface area contributed by atoms with Gasteiger partial charge in [0.25, 0.3) is 0 Å². The van der Waals surface area contributed by atoms with Crippen LogP contribution < -0.4 is 14.8 Å². The molecular formula is C19H25NO9. The van der Waals surface area contributed by atoms with Crippen molar-refractivity contribution in [2.75, 3.05) is 20.8 Å². The molecule has 5 atom stereocenters. The molecule has 2 rings (SSSR count). The number of rotatable bonds is 7. The van der Waals surface area contributed by atoms with Gasteiger partial charge in [-0.3, -0.25) is 4.79 Å². The third kappa shape index (κ3) is 5.67. The third-order valence-electron chi connectivity index (χ3n) is 4.29. The van der Waals surface area contributed by atoms with Gasteiger partial charge in [-0.1, -0.05) is 6.07 Å². The van der Waals surface area contributed by atoms with Crippen molar-refractivity contribution in [3.63, 3.8) is 0 Å². The van der Waals surface area contributed by atoms with Gasteiger partial charge in [0.15, 0.2) is 11.5 Å². The molecule has 160 valence electrons. The van der Waals surface area contributed by atoms with Crippen LogP contribution in [-0.2, 0) is 19.1 Å². The van der Waals surface area contributed by atoms with Crippen molar-refractivity contribution in [1.29, 1.82) is 0 Å². The summed E-state index contributed by atoms with van der Waals surface area (Å²) in [5.74, 6) is -0.455. The van der Waals surface area contributed by atoms with Crippen LogP contribution in [0.4, 0.5) is 0 Å². The molecule has 10 heteroatoms. The first kappa shape index (κ1) is 22.6. The van der Waals surface area contributed by atoms with Gasteiger partial charge in [0, 0.05) is 13.0 Å². The molecule has 0 spiro atoms. The Morgan fingerprint density at radius 2 is 1.93 bits per heavy atom. The molecular weight excluding hydrogens is 386 g/mol. The molecule has 0 bridgehead atoms. The van der Waals surface area contributed by atoms with Gasteiger partial charge < -0.3 is 39.6 Å². The maximum absolute atomic E-state index is 11.5. The monoisotopic (exact) mass is 411 g/mol. The molecule has 1 saturated heterocycles. The first-order valence-corrected chi connectivity index (χ1v) is 8.81. The zero-order chi connectivity index (χ0) is 21.6. The van der Waals surface area contributed by atoms with E-state index >= 15 is 0 Å². The summed E-state index contributed by atoms with van der Waals surface area (Å²) in [4.78, 5) is 22.7. The van der Waals surface area contributed by atoms with Gasteiger partial charge in [0.1, 0.15) is 24.4 Å². The van der Waals surface area contributed by atoms with Gasteiger partial charge in [-0.15, -0.1) is 0 Å². The van der Waals surface area contributed by atoms with Crippen LogP contribution in [0.2, 0.25) is 0 Å². The summed E-state index contributed by atoms with van der Waals surface area (Å²) in [6.45, 7) is 0.691. The van der Waals surface area contributed by atoms with Crippen LogP contribution in [0.3, 0.4) is 0 Å². The van der Waals surface area contributed by atoms with Crippen LogP contribution in [0.5, 0.6) is 11.5 Å². The number of hydrogen-bond donors (Lipinski definition) is 4. The highest BCUT2D eigenvalue weighted by molar-refractivity contribution is 5.87. The Balaban J connectivity index is 2.27. The molecule has 0 aromatic heterocycles. The van der Waals surface area contributed by atoms with E-state index in [4.69, 9.17) is 14.2 Å². The first-order valence-electron chi connectivity index (χ1n) is 8.81. The first-order chi connectivity index (χ1) is 13.8. The second-order valence-electron chi connectivity index (χ2n) is 6.32. The highest BCUT2D eigenvalue weighted by atomic mass is 16.7. The molecule has 1 amide bonds. The number of nitrogens with one attached hydrogen (secondary N) is 1. The lowest BCUT2D eigenvalue weighted by molar-refractivity contribution is -0.244. The second kappa shape index (κ2) is 10.2. The van der Waals surface area contributed by atoms with Gasteiger partial charge in [-0.05, 0) is 23.8 Å². The van der Waals surface area contributed by atoms with Crippen LogP contribution in [0.1, 0.15) is 12.5 Å². The maximum Gasteiger partial charge on any atom is 0.330 e. The lowest BCUT2D eigenvalue weighted by Gasteiger charge is -2.42. The molecule has 0 saturated carbocycles. The Morgan fingerprint density at radius 3 is 2.52 bits per heavy atom. The van der Waals surface area contributed by atoms with Crippen LogP contribution >= 0.6 is 0 Å². The van der Waals surface area contributed by atoms with Crippen molar-refractivity contribution >= 4 is 18.0 Å². The van der Waals surface area contributed by atoms with Crippen molar-refractivity contribution in [1.82, 2.24) is 5.32 Å². The lowest BCUT2D eigenvalue weighted by Crippen LogP contribution is -2.65. The normalized spacial score (nSPS) is 26.8. The summed E-state index contributed by atoms with van der Waals surface area (Å²) in [7, 11) is 2.68. The van der Waals surface area contributed by atoms with Crippen molar-refractivity contribution in [2.45, 2.75) is 37.6 Å². The fourth-order valence-electron chi connectivity index (χ4n) is 2.81. The zero-order valence-corrected chi connectivity index (χ0v) is 16.3. The topological polar surface area (TPSA) is 144 Å². The van der Waals surface area contributed by atoms with Crippen molar-refractivity contribution < 1.29 is 43.9 Å². The van der Waals surface area contributed by atoms with E-state index in [1.54, 1.807) is 18.2 Å². The molecule has 0 aliphatic carbocycles. The van der Waals surface area contributed by atoms with Crippen LogP contribution in [-0.4, -0.2) is 78.7 Å². The van der Waals surface area contributed by atoms with E-state index in [1.165, 1.54) is 33.3 Å². The molecule has 1 heterocycles. The van der Waals surface area contributed by atoms with E-state index in [9.17, 15) is 24.9 Å². The number of benzene rings is 1. The molecule has 1 aromatic rings. The average molecular weight is 411 g/mol. The fourth-order valence-corrected chi connectivity index (χ4v) is 2.81. The predicted molar refractivity (Wildman–Crippen MR) is 100 cm³/mol. The van der Waals surface area contributed by atoms with Gasteiger partial charge in [-0.25, -0.2) is 4.79 Å². The molecule has 1 aliphatic rings. The second-order valence-corrected chi connectivity index (χ2v) is 6.32. The van der Waals surface area contributed by atoms with Crippen molar-refractivity contribution in [3.8, 4) is 11.5 Å². The molecule has 10 nitrogen and oxygen atoms in total. The zero-order valence-electron chi connectivity index (χ0n) is 16.3.